The van der Waals surface area contributed by atoms with Crippen LogP contribution in [0.1, 0.15) is 24.0 Å². The number of rotatable bonds is 6. The van der Waals surface area contributed by atoms with Gasteiger partial charge in [0, 0.05) is 6.54 Å². The second-order valence-corrected chi connectivity index (χ2v) is 8.46. The Morgan fingerprint density at radius 2 is 1.81 bits per heavy atom. The number of benzene rings is 2. The monoisotopic (exact) mass is 371 g/mol. The van der Waals surface area contributed by atoms with Crippen LogP contribution in [0.25, 0.3) is 0 Å². The number of nitrogens with zero attached hydrogens (tertiary/aromatic N) is 1. The Labute approximate surface area is 156 Å². The van der Waals surface area contributed by atoms with Gasteiger partial charge in [0.05, 0.1) is 24.2 Å². The number of aryl methyl sites for hydroxylation is 1. The van der Waals surface area contributed by atoms with Crippen LogP contribution in [0, 0.1) is 6.92 Å². The molecule has 1 aliphatic heterocycles. The number of hydrogen-bond donors (Lipinski definition) is 0. The van der Waals surface area contributed by atoms with Gasteiger partial charge in [-0.15, -0.1) is 0 Å². The van der Waals surface area contributed by atoms with E-state index in [0.29, 0.717) is 24.7 Å². The Morgan fingerprint density at radius 1 is 1.08 bits per heavy atom. The van der Waals surface area contributed by atoms with Crippen LogP contribution >= 0.6 is 0 Å². The SMILES string of the molecule is Cc1ccc(S(=O)(=O)N2CCCC=CC2COCc2ccccc2)cc1. The molecule has 0 aliphatic carbocycles. The minimum absolute atomic E-state index is 0.285. The molecule has 0 spiro atoms. The van der Waals surface area contributed by atoms with Crippen LogP contribution in [0.5, 0.6) is 0 Å². The summed E-state index contributed by atoms with van der Waals surface area (Å²) in [5.74, 6) is 0. The van der Waals surface area contributed by atoms with Gasteiger partial charge in [-0.25, -0.2) is 8.42 Å². The number of sulfonamides is 1. The second-order valence-electron chi connectivity index (χ2n) is 6.57. The average Bonchev–Trinajstić information content (AvgIpc) is 2.89. The third-order valence-corrected chi connectivity index (χ3v) is 6.44. The maximum atomic E-state index is 13.1. The molecule has 1 unspecified atom stereocenters. The zero-order valence-electron chi connectivity index (χ0n) is 15.0. The zero-order chi connectivity index (χ0) is 18.4. The molecule has 4 nitrogen and oxygen atoms in total. The normalized spacial score (nSPS) is 18.6. The van der Waals surface area contributed by atoms with E-state index in [1.807, 2.05) is 55.5 Å². The van der Waals surface area contributed by atoms with Gasteiger partial charge in [0.25, 0.3) is 0 Å². The predicted octanol–water partition coefficient (Wildman–Crippen LogP) is 3.92. The van der Waals surface area contributed by atoms with E-state index in [-0.39, 0.29) is 6.04 Å². The van der Waals surface area contributed by atoms with Crippen LogP contribution in [0.3, 0.4) is 0 Å². The molecule has 2 aromatic rings. The lowest BCUT2D eigenvalue weighted by atomic mass is 10.2. The van der Waals surface area contributed by atoms with Gasteiger partial charge in [0.15, 0.2) is 0 Å². The summed E-state index contributed by atoms with van der Waals surface area (Å²) < 4.78 is 33.7. The van der Waals surface area contributed by atoms with Crippen LogP contribution < -0.4 is 0 Å². The quantitative estimate of drug-likeness (QED) is 0.723. The fourth-order valence-corrected chi connectivity index (χ4v) is 4.64. The highest BCUT2D eigenvalue weighted by atomic mass is 32.2. The molecule has 3 rings (SSSR count). The van der Waals surface area contributed by atoms with Crippen LogP contribution in [0.2, 0.25) is 0 Å². The van der Waals surface area contributed by atoms with Crippen LogP contribution in [0.15, 0.2) is 71.6 Å². The fourth-order valence-electron chi connectivity index (χ4n) is 3.03. The smallest absolute Gasteiger partial charge is 0.243 e. The largest absolute Gasteiger partial charge is 0.375 e. The summed E-state index contributed by atoms with van der Waals surface area (Å²) in [7, 11) is -3.54. The van der Waals surface area contributed by atoms with Gasteiger partial charge in [-0.05, 0) is 37.5 Å². The molecule has 26 heavy (non-hydrogen) atoms. The zero-order valence-corrected chi connectivity index (χ0v) is 15.9. The Balaban J connectivity index is 1.74. The summed E-state index contributed by atoms with van der Waals surface area (Å²) in [5.41, 5.74) is 2.13. The van der Waals surface area contributed by atoms with Crippen molar-refractivity contribution in [2.75, 3.05) is 13.2 Å². The Kier molecular flexibility index (Phi) is 6.25. The molecule has 0 bridgehead atoms. The summed E-state index contributed by atoms with van der Waals surface area (Å²) in [5, 5.41) is 0. The maximum absolute atomic E-state index is 13.1. The lowest BCUT2D eigenvalue weighted by molar-refractivity contribution is 0.0915. The molecule has 1 aliphatic rings. The molecule has 138 valence electrons. The van der Waals surface area contributed by atoms with Gasteiger partial charge >= 0.3 is 0 Å². The Bertz CT molecular complexity index is 829. The number of ether oxygens (including phenoxy) is 1. The summed E-state index contributed by atoms with van der Waals surface area (Å²) >= 11 is 0. The first kappa shape index (κ1) is 18.8. The summed E-state index contributed by atoms with van der Waals surface area (Å²) in [4.78, 5) is 0.339. The van der Waals surface area contributed by atoms with Crippen molar-refractivity contribution in [2.24, 2.45) is 0 Å². The highest BCUT2D eigenvalue weighted by molar-refractivity contribution is 7.89. The molecule has 0 saturated carbocycles. The summed E-state index contributed by atoms with van der Waals surface area (Å²) in [6.45, 7) is 3.27. The lowest BCUT2D eigenvalue weighted by Gasteiger charge is -2.28. The molecule has 0 radical (unpaired) electrons. The third kappa shape index (κ3) is 4.61. The van der Waals surface area contributed by atoms with Crippen molar-refractivity contribution in [3.63, 3.8) is 0 Å². The van der Waals surface area contributed by atoms with Crippen molar-refractivity contribution in [1.82, 2.24) is 4.31 Å². The van der Waals surface area contributed by atoms with Gasteiger partial charge < -0.3 is 4.74 Å². The predicted molar refractivity (Wildman–Crippen MR) is 103 cm³/mol. The van der Waals surface area contributed by atoms with E-state index in [1.54, 1.807) is 16.4 Å². The average molecular weight is 372 g/mol. The minimum atomic E-state index is -3.54. The molecule has 0 fully saturated rings. The Morgan fingerprint density at radius 3 is 2.54 bits per heavy atom. The van der Waals surface area contributed by atoms with E-state index in [9.17, 15) is 8.42 Å². The number of allylic oxidation sites excluding steroid dienone is 1. The van der Waals surface area contributed by atoms with E-state index in [1.165, 1.54) is 0 Å². The first-order chi connectivity index (χ1) is 12.6. The first-order valence-electron chi connectivity index (χ1n) is 8.94. The molecule has 1 heterocycles. The van der Waals surface area contributed by atoms with E-state index in [0.717, 1.165) is 24.0 Å². The molecular formula is C21H25NO3S. The van der Waals surface area contributed by atoms with Crippen molar-refractivity contribution < 1.29 is 13.2 Å². The van der Waals surface area contributed by atoms with Crippen LogP contribution in [-0.4, -0.2) is 31.9 Å². The molecular weight excluding hydrogens is 346 g/mol. The van der Waals surface area contributed by atoms with Crippen molar-refractivity contribution in [1.29, 1.82) is 0 Å². The standard InChI is InChI=1S/C21H25NO3S/c1-18-11-13-21(14-12-18)26(23,24)22-15-7-3-6-10-20(22)17-25-16-19-8-4-2-5-9-19/h2,4-6,8-14,20H,3,7,15-17H2,1H3. The van der Waals surface area contributed by atoms with Gasteiger partial charge in [-0.2, -0.15) is 4.31 Å². The van der Waals surface area contributed by atoms with Crippen molar-refractivity contribution in [3.8, 4) is 0 Å². The maximum Gasteiger partial charge on any atom is 0.243 e. The summed E-state index contributed by atoms with van der Waals surface area (Å²) in [6, 6.07) is 16.7. The molecule has 0 saturated heterocycles. The highest BCUT2D eigenvalue weighted by Gasteiger charge is 2.30. The van der Waals surface area contributed by atoms with Crippen LogP contribution in [-0.2, 0) is 21.4 Å². The van der Waals surface area contributed by atoms with Crippen molar-refractivity contribution in [2.45, 2.75) is 37.3 Å². The molecule has 5 heteroatoms. The number of hydrogen-bond acceptors (Lipinski definition) is 3. The topological polar surface area (TPSA) is 46.6 Å². The van der Waals surface area contributed by atoms with Crippen LogP contribution in [0.4, 0.5) is 0 Å². The van der Waals surface area contributed by atoms with E-state index < -0.39 is 10.0 Å². The summed E-state index contributed by atoms with van der Waals surface area (Å²) in [6.07, 6.45) is 5.72. The van der Waals surface area contributed by atoms with E-state index in [4.69, 9.17) is 4.74 Å². The van der Waals surface area contributed by atoms with Gasteiger partial charge in [-0.3, -0.25) is 0 Å². The molecule has 0 amide bonds. The second kappa shape index (κ2) is 8.62. The third-order valence-electron chi connectivity index (χ3n) is 4.51. The molecule has 0 N–H and O–H groups in total. The molecule has 0 aromatic heterocycles. The van der Waals surface area contributed by atoms with E-state index >= 15 is 0 Å². The first-order valence-corrected chi connectivity index (χ1v) is 10.4. The van der Waals surface area contributed by atoms with Gasteiger partial charge in [0.2, 0.25) is 10.0 Å². The fraction of sp³-hybridized carbons (Fsp3) is 0.333. The van der Waals surface area contributed by atoms with Crippen molar-refractivity contribution >= 4 is 10.0 Å². The van der Waals surface area contributed by atoms with Crippen molar-refractivity contribution in [3.05, 3.63) is 77.9 Å². The Hall–Kier alpha value is -1.95. The van der Waals surface area contributed by atoms with Gasteiger partial charge in [0.1, 0.15) is 0 Å². The highest BCUT2D eigenvalue weighted by Crippen LogP contribution is 2.22. The molecule has 1 atom stereocenters. The molecule has 2 aromatic carbocycles. The van der Waals surface area contributed by atoms with E-state index in [2.05, 4.69) is 6.08 Å². The lowest BCUT2D eigenvalue weighted by Crippen LogP contribution is -2.41. The minimum Gasteiger partial charge on any atom is -0.375 e. The van der Waals surface area contributed by atoms with Gasteiger partial charge in [-0.1, -0.05) is 60.2 Å².